The van der Waals surface area contributed by atoms with Crippen molar-refractivity contribution in [2.75, 3.05) is 6.61 Å². The number of ether oxygens (including phenoxy) is 1. The van der Waals surface area contributed by atoms with E-state index in [0.29, 0.717) is 12.7 Å². The third kappa shape index (κ3) is 6.01. The number of halogens is 1. The largest absolute Gasteiger partial charge is 0.378 e. The van der Waals surface area contributed by atoms with Crippen molar-refractivity contribution in [3.63, 3.8) is 0 Å². The summed E-state index contributed by atoms with van der Waals surface area (Å²) in [6, 6.07) is 0. The Morgan fingerprint density at radius 1 is 1.41 bits per heavy atom. The van der Waals surface area contributed by atoms with Gasteiger partial charge in [-0.15, -0.1) is 0 Å². The molecule has 2 atom stereocenters. The van der Waals surface area contributed by atoms with Crippen LogP contribution in [0.4, 0.5) is 0 Å². The van der Waals surface area contributed by atoms with Gasteiger partial charge in [0.05, 0.1) is 6.10 Å². The minimum atomic E-state index is -0.0231. The molecule has 1 aliphatic carbocycles. The maximum atomic E-state index is 10.9. The summed E-state index contributed by atoms with van der Waals surface area (Å²) < 4.78 is 5.82. The molecule has 1 aliphatic rings. The lowest BCUT2D eigenvalue weighted by Gasteiger charge is -2.23. The normalized spacial score (nSPS) is 21.1. The average molecular weight is 303 g/mol. The molecule has 0 N–H and O–H groups in total. The number of hydrogen-bond donors (Lipinski definition) is 0. The molecule has 0 aromatic rings. The second kappa shape index (κ2) is 9.09. The van der Waals surface area contributed by atoms with Gasteiger partial charge in [0, 0.05) is 17.4 Å². The van der Waals surface area contributed by atoms with Gasteiger partial charge in [-0.3, -0.25) is 4.79 Å². The Kier molecular flexibility index (Phi) is 8.12. The van der Waals surface area contributed by atoms with Gasteiger partial charge in [0.15, 0.2) is 0 Å². The molecule has 0 aliphatic heterocycles. The number of hydrogen-bond acceptors (Lipinski definition) is 2. The van der Waals surface area contributed by atoms with E-state index in [-0.39, 0.29) is 10.7 Å². The fraction of sp³-hybridized carbons (Fsp3) is 0.857. The summed E-state index contributed by atoms with van der Waals surface area (Å²) in [6.45, 7) is 2.82. The lowest BCUT2D eigenvalue weighted by molar-refractivity contribution is 0.0301. The highest BCUT2D eigenvalue weighted by molar-refractivity contribution is 9.09. The van der Waals surface area contributed by atoms with Crippen LogP contribution in [0.5, 0.6) is 0 Å². The lowest BCUT2D eigenvalue weighted by Crippen LogP contribution is -2.22. The topological polar surface area (TPSA) is 26.3 Å². The van der Waals surface area contributed by atoms with Gasteiger partial charge < -0.3 is 4.74 Å². The number of alkyl halides is 1. The van der Waals surface area contributed by atoms with Crippen LogP contribution < -0.4 is 0 Å². The third-order valence-corrected chi connectivity index (χ3v) is 4.42. The second-order valence-electron chi connectivity index (χ2n) is 4.75. The lowest BCUT2D eigenvalue weighted by atomic mass is 9.97. The highest BCUT2D eigenvalue weighted by Gasteiger charge is 2.19. The molecule has 98 valence electrons. The van der Waals surface area contributed by atoms with Crippen molar-refractivity contribution >= 4 is 22.2 Å². The molecule has 1 rings (SSSR count). The van der Waals surface area contributed by atoms with Gasteiger partial charge >= 0.3 is 0 Å². The Hall–Kier alpha value is 0.110. The molecule has 0 aromatic heterocycles. The van der Waals surface area contributed by atoms with Crippen molar-refractivity contribution in [3.8, 4) is 0 Å². The Labute approximate surface area is 114 Å². The summed E-state index contributed by atoms with van der Waals surface area (Å²) in [7, 11) is 0. The molecular formula is C14H23BrO2. The van der Waals surface area contributed by atoms with Crippen LogP contribution >= 0.6 is 15.9 Å². The van der Waals surface area contributed by atoms with Crippen molar-refractivity contribution in [2.45, 2.75) is 62.8 Å². The molecule has 1 fully saturated rings. The zero-order valence-corrected chi connectivity index (χ0v) is 12.2. The highest BCUT2D eigenvalue weighted by atomic mass is 79.9. The van der Waals surface area contributed by atoms with E-state index in [9.17, 15) is 4.79 Å². The summed E-state index contributed by atoms with van der Waals surface area (Å²) in [6.07, 6.45) is 12.4. The monoisotopic (exact) mass is 302 g/mol. The number of carbonyl (C=O) groups excluding carboxylic acids is 1. The fourth-order valence-electron chi connectivity index (χ4n) is 2.22. The zero-order valence-electron chi connectivity index (χ0n) is 10.7. The molecule has 0 heterocycles. The fourth-order valence-corrected chi connectivity index (χ4v) is 3.05. The molecule has 2 unspecified atom stereocenters. The van der Waals surface area contributed by atoms with Gasteiger partial charge in [-0.05, 0) is 44.9 Å². The average Bonchev–Trinajstić information content (AvgIpc) is 2.36. The predicted octanol–water partition coefficient (Wildman–Crippen LogP) is 3.83. The van der Waals surface area contributed by atoms with Crippen LogP contribution in [0.2, 0.25) is 0 Å². The molecule has 0 bridgehead atoms. The van der Waals surface area contributed by atoms with E-state index in [0.717, 1.165) is 32.1 Å². The second-order valence-corrected chi connectivity index (χ2v) is 5.93. The van der Waals surface area contributed by atoms with Crippen LogP contribution in [0.15, 0.2) is 0 Å². The summed E-state index contributed by atoms with van der Waals surface area (Å²) in [5, 5.41) is 0. The van der Waals surface area contributed by atoms with Gasteiger partial charge in [0.2, 0.25) is 6.29 Å². The van der Waals surface area contributed by atoms with Gasteiger partial charge in [-0.1, -0.05) is 29.3 Å². The van der Waals surface area contributed by atoms with Crippen molar-refractivity contribution < 1.29 is 9.53 Å². The van der Waals surface area contributed by atoms with E-state index in [4.69, 9.17) is 4.74 Å². The van der Waals surface area contributed by atoms with Gasteiger partial charge in [0.25, 0.3) is 0 Å². The SMILES string of the molecule is CCCC(Br)C([C]=O)CCOC1CC[CH]CC1. The van der Waals surface area contributed by atoms with Crippen LogP contribution in [0.25, 0.3) is 0 Å². The van der Waals surface area contributed by atoms with Crippen molar-refractivity contribution in [1.29, 1.82) is 0 Å². The van der Waals surface area contributed by atoms with Crippen LogP contribution in [-0.4, -0.2) is 23.8 Å². The van der Waals surface area contributed by atoms with Crippen molar-refractivity contribution in [1.82, 2.24) is 0 Å². The van der Waals surface area contributed by atoms with Gasteiger partial charge in [-0.25, -0.2) is 0 Å². The summed E-state index contributed by atoms with van der Waals surface area (Å²) >= 11 is 3.57. The Balaban J connectivity index is 2.15. The molecule has 2 radical (unpaired) electrons. The van der Waals surface area contributed by atoms with Crippen molar-refractivity contribution in [2.24, 2.45) is 5.92 Å². The molecule has 17 heavy (non-hydrogen) atoms. The maximum Gasteiger partial charge on any atom is 0.202 e. The standard InChI is InChI=1S/C14H23BrO2/c1-2-6-14(15)12(11-16)9-10-17-13-7-4-3-5-8-13/h3,12-14H,2,4-10H2,1H3. The molecule has 3 heteroatoms. The zero-order chi connectivity index (χ0) is 12.5. The molecule has 0 spiro atoms. The van der Waals surface area contributed by atoms with Crippen molar-refractivity contribution in [3.05, 3.63) is 6.42 Å². The minimum absolute atomic E-state index is 0.0231. The summed E-state index contributed by atoms with van der Waals surface area (Å²) in [5.41, 5.74) is 0. The first-order valence-corrected chi connectivity index (χ1v) is 7.64. The van der Waals surface area contributed by atoms with E-state index in [1.807, 2.05) is 0 Å². The Morgan fingerprint density at radius 3 is 2.71 bits per heavy atom. The number of rotatable bonds is 8. The Morgan fingerprint density at radius 2 is 2.12 bits per heavy atom. The first kappa shape index (κ1) is 15.2. The van der Waals surface area contributed by atoms with Crippen LogP contribution in [-0.2, 0) is 9.53 Å². The molecule has 0 saturated heterocycles. The minimum Gasteiger partial charge on any atom is -0.378 e. The smallest absolute Gasteiger partial charge is 0.202 e. The summed E-state index contributed by atoms with van der Waals surface area (Å²) in [4.78, 5) is 11.1. The maximum absolute atomic E-state index is 10.9. The van der Waals surface area contributed by atoms with E-state index in [2.05, 4.69) is 35.6 Å². The molecule has 1 saturated carbocycles. The highest BCUT2D eigenvalue weighted by Crippen LogP contribution is 2.22. The molecule has 0 amide bonds. The first-order chi connectivity index (χ1) is 8.27. The Bertz CT molecular complexity index is 202. The van der Waals surface area contributed by atoms with E-state index in [1.165, 1.54) is 12.8 Å². The third-order valence-electron chi connectivity index (χ3n) is 3.32. The van der Waals surface area contributed by atoms with E-state index >= 15 is 0 Å². The van der Waals surface area contributed by atoms with Gasteiger partial charge in [0.1, 0.15) is 0 Å². The molecule has 2 nitrogen and oxygen atoms in total. The van der Waals surface area contributed by atoms with Crippen LogP contribution in [0.1, 0.15) is 51.9 Å². The van der Waals surface area contributed by atoms with Crippen LogP contribution in [0.3, 0.4) is 0 Å². The molecular weight excluding hydrogens is 280 g/mol. The first-order valence-electron chi connectivity index (χ1n) is 6.73. The van der Waals surface area contributed by atoms with Crippen LogP contribution in [0, 0.1) is 12.3 Å². The van der Waals surface area contributed by atoms with E-state index < -0.39 is 0 Å². The molecule has 0 aromatic carbocycles. The predicted molar refractivity (Wildman–Crippen MR) is 73.9 cm³/mol. The summed E-state index contributed by atoms with van der Waals surface area (Å²) in [5.74, 6) is -0.0231. The van der Waals surface area contributed by atoms with Gasteiger partial charge in [-0.2, -0.15) is 0 Å². The quantitative estimate of drug-likeness (QED) is 0.637. The van der Waals surface area contributed by atoms with E-state index in [1.54, 1.807) is 0 Å².